The second-order valence-corrected chi connectivity index (χ2v) is 8.95. The van der Waals surface area contributed by atoms with Gasteiger partial charge in [-0.05, 0) is 79.2 Å². The van der Waals surface area contributed by atoms with E-state index in [0.29, 0.717) is 28.4 Å². The minimum absolute atomic E-state index is 0.0563. The largest absolute Gasteiger partial charge is 0.457 e. The standard InChI is InChI=1S/C27H22N4O5S/c32-25-22(16-18-8-13-23(24(17-18)31(34)35)29-14-4-5-15-29)26(33)30(27(37)28-25)19-9-11-21(12-10-19)36-20-6-2-1-3-7-20/h1-3,6-13,16-17H,4-5,14-15H2,(H,28,32,37)/b22-16+. The second-order valence-electron chi connectivity index (χ2n) is 8.57. The SMILES string of the molecule is O=C1NC(=S)N(c2ccc(Oc3ccccc3)cc2)C(=O)/C1=C/c1ccc(N2CCCC2)c([N+](=O)[O-])c1. The molecule has 2 heterocycles. The van der Waals surface area contributed by atoms with Gasteiger partial charge in [-0.15, -0.1) is 0 Å². The van der Waals surface area contributed by atoms with E-state index < -0.39 is 16.7 Å². The highest BCUT2D eigenvalue weighted by atomic mass is 32.1. The Morgan fingerprint density at radius 1 is 0.946 bits per heavy atom. The highest BCUT2D eigenvalue weighted by Crippen LogP contribution is 2.33. The Hall–Kier alpha value is -4.57. The van der Waals surface area contributed by atoms with Gasteiger partial charge in [-0.2, -0.15) is 0 Å². The molecule has 2 aliphatic heterocycles. The van der Waals surface area contributed by atoms with Gasteiger partial charge < -0.3 is 9.64 Å². The zero-order valence-corrected chi connectivity index (χ0v) is 20.4. The first kappa shape index (κ1) is 24.1. The highest BCUT2D eigenvalue weighted by molar-refractivity contribution is 7.80. The highest BCUT2D eigenvalue weighted by Gasteiger charge is 2.34. The smallest absolute Gasteiger partial charge is 0.293 e. The fourth-order valence-corrected chi connectivity index (χ4v) is 4.63. The van der Waals surface area contributed by atoms with Crippen molar-refractivity contribution in [1.29, 1.82) is 0 Å². The Morgan fingerprint density at radius 3 is 2.30 bits per heavy atom. The predicted octanol–water partition coefficient (Wildman–Crippen LogP) is 4.82. The first-order valence-electron chi connectivity index (χ1n) is 11.7. The third kappa shape index (κ3) is 5.05. The van der Waals surface area contributed by atoms with Crippen LogP contribution >= 0.6 is 12.2 Å². The molecule has 37 heavy (non-hydrogen) atoms. The summed E-state index contributed by atoms with van der Waals surface area (Å²) < 4.78 is 5.79. The average Bonchev–Trinajstić information content (AvgIpc) is 3.43. The van der Waals surface area contributed by atoms with Gasteiger partial charge in [-0.25, -0.2) is 0 Å². The fraction of sp³-hybridized carbons (Fsp3) is 0.148. The molecular weight excluding hydrogens is 492 g/mol. The third-order valence-corrected chi connectivity index (χ3v) is 6.41. The van der Waals surface area contributed by atoms with Crippen LogP contribution in [-0.4, -0.2) is 34.9 Å². The van der Waals surface area contributed by atoms with Crippen molar-refractivity contribution in [2.24, 2.45) is 0 Å². The first-order chi connectivity index (χ1) is 17.9. The van der Waals surface area contributed by atoms with Crippen molar-refractivity contribution in [3.05, 3.63) is 94.0 Å². The minimum atomic E-state index is -0.665. The number of carbonyl (C=O) groups is 2. The molecule has 10 heteroatoms. The second kappa shape index (κ2) is 10.2. The molecule has 0 spiro atoms. The van der Waals surface area contributed by atoms with Crippen LogP contribution in [0, 0.1) is 10.1 Å². The van der Waals surface area contributed by atoms with Crippen LogP contribution in [0.15, 0.2) is 78.4 Å². The Bertz CT molecular complexity index is 1420. The minimum Gasteiger partial charge on any atom is -0.457 e. The number of ether oxygens (including phenoxy) is 1. The van der Waals surface area contributed by atoms with Crippen LogP contribution in [0.25, 0.3) is 6.08 Å². The van der Waals surface area contributed by atoms with E-state index in [4.69, 9.17) is 17.0 Å². The molecule has 2 amide bonds. The summed E-state index contributed by atoms with van der Waals surface area (Å²) >= 11 is 5.27. The van der Waals surface area contributed by atoms with Crippen LogP contribution in [0.1, 0.15) is 18.4 Å². The van der Waals surface area contributed by atoms with Gasteiger partial charge in [0.15, 0.2) is 5.11 Å². The molecule has 0 aromatic heterocycles. The van der Waals surface area contributed by atoms with E-state index in [9.17, 15) is 19.7 Å². The molecule has 2 saturated heterocycles. The molecule has 0 aliphatic carbocycles. The van der Waals surface area contributed by atoms with Crippen LogP contribution in [0.4, 0.5) is 17.1 Å². The summed E-state index contributed by atoms with van der Waals surface area (Å²) in [5.41, 5.74) is 1.09. The average molecular weight is 515 g/mol. The van der Waals surface area contributed by atoms with E-state index in [1.165, 1.54) is 17.0 Å². The van der Waals surface area contributed by atoms with E-state index in [-0.39, 0.29) is 16.4 Å². The molecule has 0 saturated carbocycles. The van der Waals surface area contributed by atoms with E-state index in [1.807, 2.05) is 35.2 Å². The lowest BCUT2D eigenvalue weighted by Gasteiger charge is -2.29. The molecule has 0 unspecified atom stereocenters. The number of amides is 2. The van der Waals surface area contributed by atoms with Gasteiger partial charge in [0.05, 0.1) is 10.6 Å². The molecule has 0 radical (unpaired) electrons. The summed E-state index contributed by atoms with van der Waals surface area (Å²) in [6, 6.07) is 20.7. The molecule has 5 rings (SSSR count). The monoisotopic (exact) mass is 514 g/mol. The van der Waals surface area contributed by atoms with Crippen molar-refractivity contribution in [2.45, 2.75) is 12.8 Å². The van der Waals surface area contributed by atoms with Crippen molar-refractivity contribution in [2.75, 3.05) is 22.9 Å². The molecule has 2 aliphatic rings. The lowest BCUT2D eigenvalue weighted by atomic mass is 10.1. The molecule has 9 nitrogen and oxygen atoms in total. The maximum Gasteiger partial charge on any atom is 0.293 e. The number of hydrogen-bond acceptors (Lipinski definition) is 7. The number of nitrogens with one attached hydrogen (secondary N) is 1. The molecule has 0 bridgehead atoms. The lowest BCUT2D eigenvalue weighted by molar-refractivity contribution is -0.384. The van der Waals surface area contributed by atoms with Gasteiger partial charge in [0.1, 0.15) is 22.8 Å². The maximum absolute atomic E-state index is 13.4. The van der Waals surface area contributed by atoms with Gasteiger partial charge in [0, 0.05) is 19.2 Å². The van der Waals surface area contributed by atoms with Crippen molar-refractivity contribution < 1.29 is 19.2 Å². The Morgan fingerprint density at radius 2 is 1.62 bits per heavy atom. The number of anilines is 2. The van der Waals surface area contributed by atoms with Crippen LogP contribution in [0.5, 0.6) is 11.5 Å². The topological polar surface area (TPSA) is 105 Å². The third-order valence-electron chi connectivity index (χ3n) is 6.13. The van der Waals surface area contributed by atoms with Crippen molar-refractivity contribution in [1.82, 2.24) is 5.32 Å². The number of rotatable bonds is 6. The van der Waals surface area contributed by atoms with Gasteiger partial charge >= 0.3 is 0 Å². The van der Waals surface area contributed by atoms with Gasteiger partial charge in [0.25, 0.3) is 17.5 Å². The number of para-hydroxylation sites is 1. The van der Waals surface area contributed by atoms with Gasteiger partial charge in [-0.1, -0.05) is 24.3 Å². The quantitative estimate of drug-likeness (QED) is 0.165. The fourth-order valence-electron chi connectivity index (χ4n) is 4.35. The van der Waals surface area contributed by atoms with Crippen molar-refractivity contribution in [3.8, 4) is 11.5 Å². The molecule has 1 N–H and O–H groups in total. The maximum atomic E-state index is 13.4. The number of hydrogen-bond donors (Lipinski definition) is 1. The first-order valence-corrected chi connectivity index (χ1v) is 12.1. The normalized spacial score (nSPS) is 16.8. The summed E-state index contributed by atoms with van der Waals surface area (Å²) in [6.45, 7) is 1.51. The number of nitro benzene ring substituents is 1. The Balaban J connectivity index is 1.42. The molecular formula is C27H22N4O5S. The Kier molecular flexibility index (Phi) is 6.65. The van der Waals surface area contributed by atoms with E-state index in [1.54, 1.807) is 36.4 Å². The Labute approximate surface area is 218 Å². The zero-order chi connectivity index (χ0) is 25.9. The van der Waals surface area contributed by atoms with Gasteiger partial charge in [-0.3, -0.25) is 29.9 Å². The molecule has 3 aromatic carbocycles. The summed E-state index contributed by atoms with van der Waals surface area (Å²) in [5.74, 6) is -0.0593. The summed E-state index contributed by atoms with van der Waals surface area (Å²) in [6.07, 6.45) is 3.31. The van der Waals surface area contributed by atoms with E-state index in [0.717, 1.165) is 25.9 Å². The van der Waals surface area contributed by atoms with Gasteiger partial charge in [0.2, 0.25) is 0 Å². The van der Waals surface area contributed by atoms with E-state index >= 15 is 0 Å². The number of nitrogens with zero attached hydrogens (tertiary/aromatic N) is 3. The summed E-state index contributed by atoms with van der Waals surface area (Å²) in [7, 11) is 0. The van der Waals surface area contributed by atoms with Crippen LogP contribution in [0.3, 0.4) is 0 Å². The van der Waals surface area contributed by atoms with Crippen LogP contribution < -0.4 is 19.9 Å². The number of carbonyl (C=O) groups excluding carboxylic acids is 2. The van der Waals surface area contributed by atoms with Crippen LogP contribution in [-0.2, 0) is 9.59 Å². The summed E-state index contributed by atoms with van der Waals surface area (Å²) in [4.78, 5) is 40.5. The summed E-state index contributed by atoms with van der Waals surface area (Å²) in [5, 5.41) is 14.2. The molecule has 186 valence electrons. The zero-order valence-electron chi connectivity index (χ0n) is 19.6. The number of thiocarbonyl (C=S) groups is 1. The lowest BCUT2D eigenvalue weighted by Crippen LogP contribution is -2.54. The molecule has 2 fully saturated rings. The van der Waals surface area contributed by atoms with Crippen molar-refractivity contribution >= 4 is 52.3 Å². The van der Waals surface area contributed by atoms with Crippen LogP contribution in [0.2, 0.25) is 0 Å². The molecule has 0 atom stereocenters. The van der Waals surface area contributed by atoms with Crippen molar-refractivity contribution in [3.63, 3.8) is 0 Å². The molecule has 3 aromatic rings. The number of benzene rings is 3. The van der Waals surface area contributed by atoms with E-state index in [2.05, 4.69) is 5.32 Å². The predicted molar refractivity (Wildman–Crippen MR) is 144 cm³/mol. The number of nitro groups is 1.